The van der Waals surface area contributed by atoms with Gasteiger partial charge in [0, 0.05) is 5.41 Å². The van der Waals surface area contributed by atoms with Crippen LogP contribution >= 0.6 is 0 Å². The lowest BCUT2D eigenvalue weighted by Gasteiger charge is -2.28. The zero-order chi connectivity index (χ0) is 37.0. The van der Waals surface area contributed by atoms with E-state index in [1.165, 1.54) is 116 Å². The predicted octanol–water partition coefficient (Wildman–Crippen LogP) is 15.1. The third-order valence-electron chi connectivity index (χ3n) is 12.8. The van der Waals surface area contributed by atoms with E-state index in [4.69, 9.17) is 0 Å². The van der Waals surface area contributed by atoms with Crippen LogP contribution in [0.1, 0.15) is 23.6 Å². The average Bonchev–Trinajstić information content (AvgIpc) is 3.72. The lowest BCUT2D eigenvalue weighted by Crippen LogP contribution is -2.22. The number of hydrogen-bond acceptors (Lipinski definition) is 0. The van der Waals surface area contributed by atoms with E-state index >= 15 is 0 Å². The molecular weight excluding hydrogens is 673 g/mol. The first-order valence-corrected chi connectivity index (χ1v) is 19.7. The highest BCUT2D eigenvalue weighted by Crippen LogP contribution is 2.56. The van der Waals surface area contributed by atoms with E-state index in [9.17, 15) is 0 Å². The number of rotatable bonds is 4. The number of benzene rings is 10. The Hall–Kier alpha value is -7.02. The SMILES string of the molecule is CC1(c2ccccc2)c2ccccc2-c2cc3ccc(-c4ccc(-c5c6c(cc7ccccc57)-c5cccc7cccc-6c57)c(-c5ccccc5)c4)cc3cc21. The Balaban J connectivity index is 1.07. The van der Waals surface area contributed by atoms with Crippen LogP contribution in [0.2, 0.25) is 0 Å². The fourth-order valence-corrected chi connectivity index (χ4v) is 10.2. The normalized spacial score (nSPS) is 14.9. The first-order valence-electron chi connectivity index (χ1n) is 19.7. The molecule has 0 spiro atoms. The van der Waals surface area contributed by atoms with Crippen molar-refractivity contribution < 1.29 is 0 Å². The standard InChI is InChI=1S/C56H36/c1-56(42-19-6-3-7-20-42)51-25-11-10-22-44(51)49-32-39-27-26-37(30-41(39)34-52(49)56)38-28-29-46(48(31-38)35-14-4-2-5-15-35)54-43-21-9-8-16-40(43)33-50-45-23-12-17-36-18-13-24-47(53(36)45)55(50)54/h2-34H,1H3. The van der Waals surface area contributed by atoms with Crippen molar-refractivity contribution in [2.45, 2.75) is 12.3 Å². The zero-order valence-corrected chi connectivity index (χ0v) is 31.1. The Bertz CT molecular complexity index is 3240. The molecule has 1 atom stereocenters. The van der Waals surface area contributed by atoms with E-state index in [1.807, 2.05) is 0 Å². The summed E-state index contributed by atoms with van der Waals surface area (Å²) in [6, 6.07) is 74.9. The fourth-order valence-electron chi connectivity index (χ4n) is 10.2. The smallest absolute Gasteiger partial charge is 0.0435 e. The van der Waals surface area contributed by atoms with Crippen LogP contribution in [0.15, 0.2) is 200 Å². The first kappa shape index (κ1) is 31.3. The molecule has 0 bridgehead atoms. The number of hydrogen-bond donors (Lipinski definition) is 0. The third-order valence-corrected chi connectivity index (χ3v) is 12.8. The summed E-state index contributed by atoms with van der Waals surface area (Å²) in [6.07, 6.45) is 0. The summed E-state index contributed by atoms with van der Waals surface area (Å²) in [5, 5.41) is 7.72. The van der Waals surface area contributed by atoms with Crippen LogP contribution in [0, 0.1) is 0 Å². The Morgan fingerprint density at radius 2 is 0.964 bits per heavy atom. The topological polar surface area (TPSA) is 0 Å². The summed E-state index contributed by atoms with van der Waals surface area (Å²) in [6.45, 7) is 2.40. The molecule has 0 saturated carbocycles. The second-order valence-electron chi connectivity index (χ2n) is 15.7. The van der Waals surface area contributed by atoms with E-state index in [2.05, 4.69) is 207 Å². The van der Waals surface area contributed by atoms with E-state index < -0.39 is 0 Å². The monoisotopic (exact) mass is 708 g/mol. The number of fused-ring (bicyclic) bond motifs is 8. The molecule has 10 aromatic rings. The summed E-state index contributed by atoms with van der Waals surface area (Å²) < 4.78 is 0. The van der Waals surface area contributed by atoms with Gasteiger partial charge in [0.15, 0.2) is 0 Å². The molecule has 0 nitrogen and oxygen atoms in total. The third kappa shape index (κ3) is 4.36. The van der Waals surface area contributed by atoms with Crippen molar-refractivity contribution in [2.75, 3.05) is 0 Å². The Kier molecular flexibility index (Phi) is 6.57. The Morgan fingerprint density at radius 1 is 0.304 bits per heavy atom. The molecule has 0 fully saturated rings. The summed E-state index contributed by atoms with van der Waals surface area (Å²) in [5.74, 6) is 0. The van der Waals surface area contributed by atoms with Crippen molar-refractivity contribution in [3.8, 4) is 66.8 Å². The summed E-state index contributed by atoms with van der Waals surface area (Å²) in [4.78, 5) is 0. The highest BCUT2D eigenvalue weighted by atomic mass is 14.4. The van der Waals surface area contributed by atoms with Gasteiger partial charge in [-0.05, 0) is 153 Å². The van der Waals surface area contributed by atoms with Gasteiger partial charge in [0.25, 0.3) is 0 Å². The van der Waals surface area contributed by atoms with Gasteiger partial charge in [-0.25, -0.2) is 0 Å². The van der Waals surface area contributed by atoms with Crippen LogP contribution in [-0.2, 0) is 5.41 Å². The van der Waals surface area contributed by atoms with Crippen LogP contribution in [0.25, 0.3) is 99.1 Å². The molecule has 2 aliphatic rings. The largest absolute Gasteiger partial charge is 0.0622 e. The van der Waals surface area contributed by atoms with Gasteiger partial charge in [-0.15, -0.1) is 0 Å². The van der Waals surface area contributed by atoms with Crippen molar-refractivity contribution in [2.24, 2.45) is 0 Å². The molecule has 0 radical (unpaired) electrons. The molecule has 0 amide bonds. The van der Waals surface area contributed by atoms with Crippen LogP contribution < -0.4 is 0 Å². The molecule has 0 aliphatic heterocycles. The van der Waals surface area contributed by atoms with Gasteiger partial charge in [0.05, 0.1) is 0 Å². The van der Waals surface area contributed by atoms with E-state index in [1.54, 1.807) is 0 Å². The van der Waals surface area contributed by atoms with Gasteiger partial charge in [0.2, 0.25) is 0 Å². The van der Waals surface area contributed by atoms with Crippen LogP contribution in [0.5, 0.6) is 0 Å². The molecule has 0 heterocycles. The van der Waals surface area contributed by atoms with Gasteiger partial charge < -0.3 is 0 Å². The molecule has 10 aromatic carbocycles. The van der Waals surface area contributed by atoms with Crippen molar-refractivity contribution in [1.29, 1.82) is 0 Å². The summed E-state index contributed by atoms with van der Waals surface area (Å²) in [5.41, 5.74) is 19.3. The maximum Gasteiger partial charge on any atom is 0.0435 e. The molecule has 0 N–H and O–H groups in total. The minimum Gasteiger partial charge on any atom is -0.0622 e. The van der Waals surface area contributed by atoms with Crippen molar-refractivity contribution in [1.82, 2.24) is 0 Å². The molecule has 2 aliphatic carbocycles. The second-order valence-corrected chi connectivity index (χ2v) is 15.7. The zero-order valence-electron chi connectivity index (χ0n) is 31.1. The lowest BCUT2D eigenvalue weighted by molar-refractivity contribution is 0.715. The van der Waals surface area contributed by atoms with Crippen LogP contribution in [0.3, 0.4) is 0 Å². The van der Waals surface area contributed by atoms with Gasteiger partial charge in [0.1, 0.15) is 0 Å². The van der Waals surface area contributed by atoms with Crippen LogP contribution in [0.4, 0.5) is 0 Å². The van der Waals surface area contributed by atoms with Gasteiger partial charge in [-0.3, -0.25) is 0 Å². The van der Waals surface area contributed by atoms with Gasteiger partial charge >= 0.3 is 0 Å². The molecular formula is C56H36. The highest BCUT2D eigenvalue weighted by molar-refractivity contribution is 6.23. The molecule has 0 saturated heterocycles. The average molecular weight is 709 g/mol. The Morgan fingerprint density at radius 3 is 1.82 bits per heavy atom. The highest BCUT2D eigenvalue weighted by Gasteiger charge is 2.40. The summed E-state index contributed by atoms with van der Waals surface area (Å²) >= 11 is 0. The molecule has 1 unspecified atom stereocenters. The Labute approximate surface area is 327 Å². The van der Waals surface area contributed by atoms with Crippen molar-refractivity contribution in [3.63, 3.8) is 0 Å². The van der Waals surface area contributed by atoms with E-state index in [0.29, 0.717) is 0 Å². The quantitative estimate of drug-likeness (QED) is 0.171. The van der Waals surface area contributed by atoms with E-state index in [-0.39, 0.29) is 5.41 Å². The first-order chi connectivity index (χ1) is 27.6. The van der Waals surface area contributed by atoms with Gasteiger partial charge in [-0.2, -0.15) is 0 Å². The maximum atomic E-state index is 2.46. The van der Waals surface area contributed by atoms with E-state index in [0.717, 1.165) is 0 Å². The second kappa shape index (κ2) is 11.7. The molecule has 0 aromatic heterocycles. The fraction of sp³-hybridized carbons (Fsp3) is 0.0357. The lowest BCUT2D eigenvalue weighted by atomic mass is 9.74. The molecule has 12 rings (SSSR count). The summed E-state index contributed by atoms with van der Waals surface area (Å²) in [7, 11) is 0. The molecule has 260 valence electrons. The molecule has 0 heteroatoms. The van der Waals surface area contributed by atoms with Crippen molar-refractivity contribution in [3.05, 3.63) is 217 Å². The molecule has 56 heavy (non-hydrogen) atoms. The minimum absolute atomic E-state index is 0.234. The van der Waals surface area contributed by atoms with Crippen LogP contribution in [-0.4, -0.2) is 0 Å². The minimum atomic E-state index is -0.234. The van der Waals surface area contributed by atoms with Gasteiger partial charge in [-0.1, -0.05) is 170 Å². The van der Waals surface area contributed by atoms with Crippen molar-refractivity contribution >= 4 is 32.3 Å². The maximum absolute atomic E-state index is 2.46. The predicted molar refractivity (Wildman–Crippen MR) is 237 cm³/mol.